The fourth-order valence-electron chi connectivity index (χ4n) is 3.31. The Morgan fingerprint density at radius 3 is 2.34 bits per heavy atom. The van der Waals surface area contributed by atoms with Crippen LogP contribution < -0.4 is 5.32 Å². The van der Waals surface area contributed by atoms with E-state index in [1.165, 1.54) is 0 Å². The monoisotopic (exact) mass is 475 g/mol. The second kappa shape index (κ2) is 13.0. The van der Waals surface area contributed by atoms with Crippen LogP contribution in [0, 0.1) is 5.92 Å². The number of rotatable bonds is 12. The van der Waals surface area contributed by atoms with Crippen LogP contribution >= 0.6 is 23.2 Å². The van der Waals surface area contributed by atoms with Gasteiger partial charge in [0.1, 0.15) is 0 Å². The molecule has 0 aromatic heterocycles. The molecular formula is C25H27Cl2NO4. The van der Waals surface area contributed by atoms with Gasteiger partial charge in [0, 0.05) is 40.6 Å². The van der Waals surface area contributed by atoms with E-state index >= 15 is 0 Å². The number of carboxylic acids is 1. The lowest BCUT2D eigenvalue weighted by Crippen LogP contribution is -2.12. The van der Waals surface area contributed by atoms with Crippen molar-refractivity contribution in [3.05, 3.63) is 70.2 Å². The molecule has 0 radical (unpaired) electrons. The van der Waals surface area contributed by atoms with E-state index in [0.29, 0.717) is 46.1 Å². The van der Waals surface area contributed by atoms with Crippen LogP contribution in [0.4, 0.5) is 5.69 Å². The molecule has 2 N–H and O–H groups in total. The van der Waals surface area contributed by atoms with Crippen molar-refractivity contribution in [2.24, 2.45) is 5.92 Å². The topological polar surface area (TPSA) is 83.5 Å². The molecule has 0 aliphatic heterocycles. The van der Waals surface area contributed by atoms with Gasteiger partial charge in [-0.25, -0.2) is 0 Å². The van der Waals surface area contributed by atoms with E-state index in [9.17, 15) is 14.4 Å². The van der Waals surface area contributed by atoms with Crippen molar-refractivity contribution in [1.29, 1.82) is 0 Å². The third-order valence-electron chi connectivity index (χ3n) is 4.81. The molecule has 0 aliphatic rings. The van der Waals surface area contributed by atoms with Crippen LogP contribution in [0.3, 0.4) is 0 Å². The molecule has 0 fully saturated rings. The Morgan fingerprint density at radius 1 is 1.00 bits per heavy atom. The fraction of sp³-hybridized carbons (Fsp3) is 0.320. The lowest BCUT2D eigenvalue weighted by molar-refractivity contribution is -0.138. The SMILES string of the molecule is C[C@H](CC(=O)O)CC(=O)C(=CCCCCC(=O)Nc1cccc(Cl)c1)c1cccc(Cl)c1. The lowest BCUT2D eigenvalue weighted by Gasteiger charge is -2.12. The van der Waals surface area contributed by atoms with Gasteiger partial charge in [0.2, 0.25) is 5.91 Å². The highest BCUT2D eigenvalue weighted by Gasteiger charge is 2.17. The maximum Gasteiger partial charge on any atom is 0.303 e. The minimum atomic E-state index is -0.922. The van der Waals surface area contributed by atoms with E-state index < -0.39 is 5.97 Å². The molecule has 0 bridgehead atoms. The molecule has 2 aromatic rings. The summed E-state index contributed by atoms with van der Waals surface area (Å²) in [5.74, 6) is -1.39. The summed E-state index contributed by atoms with van der Waals surface area (Å²) in [6, 6.07) is 14.0. The van der Waals surface area contributed by atoms with Crippen molar-refractivity contribution >= 4 is 52.1 Å². The summed E-state index contributed by atoms with van der Waals surface area (Å²) in [5.41, 5.74) is 1.91. The number of unbranched alkanes of at least 4 members (excludes halogenated alkanes) is 2. The quantitative estimate of drug-likeness (QED) is 0.266. The predicted octanol–water partition coefficient (Wildman–Crippen LogP) is 6.65. The van der Waals surface area contributed by atoms with Gasteiger partial charge in [-0.15, -0.1) is 0 Å². The molecule has 1 amide bonds. The van der Waals surface area contributed by atoms with Crippen LogP contribution in [0.5, 0.6) is 0 Å². The van der Waals surface area contributed by atoms with Gasteiger partial charge >= 0.3 is 5.97 Å². The van der Waals surface area contributed by atoms with Crippen LogP contribution in [0.15, 0.2) is 54.6 Å². The van der Waals surface area contributed by atoms with Gasteiger partial charge in [0.15, 0.2) is 5.78 Å². The minimum absolute atomic E-state index is 0.0592. The van der Waals surface area contributed by atoms with Crippen LogP contribution in [0.25, 0.3) is 5.57 Å². The third kappa shape index (κ3) is 9.25. The van der Waals surface area contributed by atoms with Gasteiger partial charge in [-0.2, -0.15) is 0 Å². The number of allylic oxidation sites excluding steroid dienone is 2. The molecule has 0 aliphatic carbocycles. The zero-order chi connectivity index (χ0) is 23.5. The molecule has 2 aromatic carbocycles. The predicted molar refractivity (Wildman–Crippen MR) is 129 cm³/mol. The van der Waals surface area contributed by atoms with Gasteiger partial charge in [-0.1, -0.05) is 54.4 Å². The summed E-state index contributed by atoms with van der Waals surface area (Å²) in [5, 5.41) is 12.9. The first-order valence-corrected chi connectivity index (χ1v) is 11.3. The molecule has 1 atom stereocenters. The molecule has 7 heteroatoms. The summed E-state index contributed by atoms with van der Waals surface area (Å²) in [6.07, 6.45) is 4.31. The van der Waals surface area contributed by atoms with Crippen LogP contribution in [0.1, 0.15) is 51.0 Å². The number of ketones is 1. The summed E-state index contributed by atoms with van der Waals surface area (Å²) in [4.78, 5) is 35.9. The Balaban J connectivity index is 1.94. The second-order valence-electron chi connectivity index (χ2n) is 7.76. The summed E-state index contributed by atoms with van der Waals surface area (Å²) >= 11 is 12.0. The van der Waals surface area contributed by atoms with Gasteiger partial charge in [-0.3, -0.25) is 14.4 Å². The van der Waals surface area contributed by atoms with E-state index in [1.54, 1.807) is 49.4 Å². The van der Waals surface area contributed by atoms with Gasteiger partial charge in [-0.05, 0) is 61.1 Å². The summed E-state index contributed by atoms with van der Waals surface area (Å²) < 4.78 is 0. The molecule has 32 heavy (non-hydrogen) atoms. The highest BCUT2D eigenvalue weighted by atomic mass is 35.5. The normalized spacial score (nSPS) is 12.3. The number of halogens is 2. The van der Waals surface area contributed by atoms with Crippen molar-refractivity contribution < 1.29 is 19.5 Å². The number of amides is 1. The van der Waals surface area contributed by atoms with E-state index in [1.807, 2.05) is 12.1 Å². The number of nitrogens with one attached hydrogen (secondary N) is 1. The van der Waals surface area contributed by atoms with Gasteiger partial charge < -0.3 is 10.4 Å². The number of Topliss-reactive ketones (excluding diaryl/α,β-unsaturated/α-hetero) is 1. The number of anilines is 1. The Morgan fingerprint density at radius 2 is 1.69 bits per heavy atom. The van der Waals surface area contributed by atoms with Crippen LogP contribution in [-0.2, 0) is 14.4 Å². The first-order valence-electron chi connectivity index (χ1n) is 10.5. The zero-order valence-corrected chi connectivity index (χ0v) is 19.5. The highest BCUT2D eigenvalue weighted by molar-refractivity contribution is 6.31. The number of carbonyl (C=O) groups excluding carboxylic acids is 2. The Hall–Kier alpha value is -2.63. The average molecular weight is 476 g/mol. The van der Waals surface area contributed by atoms with Crippen molar-refractivity contribution in [3.8, 4) is 0 Å². The molecule has 0 heterocycles. The summed E-state index contributed by atoms with van der Waals surface area (Å²) in [7, 11) is 0. The van der Waals surface area contributed by atoms with Crippen LogP contribution in [0.2, 0.25) is 10.0 Å². The minimum Gasteiger partial charge on any atom is -0.481 e. The molecule has 0 unspecified atom stereocenters. The Bertz CT molecular complexity index is 987. The number of hydrogen-bond donors (Lipinski definition) is 2. The largest absolute Gasteiger partial charge is 0.481 e. The number of carboxylic acid groups (broad SMARTS) is 1. The Kier molecular flexibility index (Phi) is 10.4. The number of benzene rings is 2. The lowest BCUT2D eigenvalue weighted by atomic mass is 9.92. The standard InChI is InChI=1S/C25H27Cl2NO4/c1-17(14-25(31)32)13-23(29)22(18-7-5-8-19(26)15-18)11-3-2-4-12-24(30)28-21-10-6-9-20(27)16-21/h5-11,15-17H,2-4,12-14H2,1H3,(H,28,30)(H,31,32)/t17-/m0/s1. The van der Waals surface area contributed by atoms with E-state index in [2.05, 4.69) is 5.32 Å². The zero-order valence-electron chi connectivity index (χ0n) is 17.9. The molecule has 0 saturated carbocycles. The van der Waals surface area contributed by atoms with Crippen molar-refractivity contribution in [2.75, 3.05) is 5.32 Å². The van der Waals surface area contributed by atoms with Crippen LogP contribution in [-0.4, -0.2) is 22.8 Å². The smallest absolute Gasteiger partial charge is 0.303 e. The molecular weight excluding hydrogens is 449 g/mol. The van der Waals surface area contributed by atoms with E-state index in [0.717, 1.165) is 6.42 Å². The summed E-state index contributed by atoms with van der Waals surface area (Å²) in [6.45, 7) is 1.75. The second-order valence-corrected chi connectivity index (χ2v) is 8.64. The maximum atomic E-state index is 12.9. The molecule has 170 valence electrons. The molecule has 5 nitrogen and oxygen atoms in total. The van der Waals surface area contributed by atoms with Crippen molar-refractivity contribution in [3.63, 3.8) is 0 Å². The number of hydrogen-bond acceptors (Lipinski definition) is 3. The molecule has 0 saturated heterocycles. The molecule has 0 spiro atoms. The third-order valence-corrected chi connectivity index (χ3v) is 5.28. The van der Waals surface area contributed by atoms with Crippen molar-refractivity contribution in [1.82, 2.24) is 0 Å². The average Bonchev–Trinajstić information content (AvgIpc) is 2.69. The first-order chi connectivity index (χ1) is 15.2. The van der Waals surface area contributed by atoms with E-state index in [-0.39, 0.29) is 30.4 Å². The fourth-order valence-corrected chi connectivity index (χ4v) is 3.69. The molecule has 2 rings (SSSR count). The number of carbonyl (C=O) groups is 3. The highest BCUT2D eigenvalue weighted by Crippen LogP contribution is 2.24. The first kappa shape index (κ1) is 25.6. The van der Waals surface area contributed by atoms with E-state index in [4.69, 9.17) is 28.3 Å². The Labute approximate surface area is 198 Å². The maximum absolute atomic E-state index is 12.9. The van der Waals surface area contributed by atoms with Gasteiger partial charge in [0.05, 0.1) is 0 Å². The van der Waals surface area contributed by atoms with Gasteiger partial charge in [0.25, 0.3) is 0 Å². The number of aliphatic carboxylic acids is 1. The van der Waals surface area contributed by atoms with Crippen molar-refractivity contribution in [2.45, 2.75) is 45.4 Å².